The fourth-order valence-electron chi connectivity index (χ4n) is 5.16. The molecule has 0 radical (unpaired) electrons. The standard InChI is InChI=1S/C22H40N4O4S/c1-22(2,3)23-20(27)15-24-10-6-11-25(13-12-24)16-21(28)26(18-7-4-5-8-18)19-9-14-31(29,30)17-19/h18-19H,4-17H2,1-3H3,(H,23,27)/t19-/m1/s1. The van der Waals surface area contributed by atoms with Gasteiger partial charge >= 0.3 is 0 Å². The lowest BCUT2D eigenvalue weighted by Crippen LogP contribution is -2.51. The first kappa shape index (κ1) is 24.5. The number of hydrogen-bond donors (Lipinski definition) is 1. The molecule has 9 heteroatoms. The van der Waals surface area contributed by atoms with Crippen LogP contribution in [0.15, 0.2) is 0 Å². The third kappa shape index (κ3) is 7.43. The molecule has 2 heterocycles. The minimum Gasteiger partial charge on any atom is -0.350 e. The maximum absolute atomic E-state index is 13.3. The first-order chi connectivity index (χ1) is 14.5. The molecule has 0 spiro atoms. The summed E-state index contributed by atoms with van der Waals surface area (Å²) >= 11 is 0. The minimum absolute atomic E-state index is 0.0341. The number of sulfone groups is 1. The zero-order chi connectivity index (χ0) is 22.6. The number of amides is 2. The molecule has 31 heavy (non-hydrogen) atoms. The van der Waals surface area contributed by atoms with Crippen molar-refractivity contribution in [2.24, 2.45) is 0 Å². The molecule has 1 N–H and O–H groups in total. The van der Waals surface area contributed by atoms with E-state index in [1.807, 2.05) is 25.7 Å². The number of hydrogen-bond acceptors (Lipinski definition) is 6. The summed E-state index contributed by atoms with van der Waals surface area (Å²) in [5.41, 5.74) is -0.237. The van der Waals surface area contributed by atoms with Crippen LogP contribution in [0.3, 0.4) is 0 Å². The molecule has 8 nitrogen and oxygen atoms in total. The van der Waals surface area contributed by atoms with Crippen molar-refractivity contribution in [1.29, 1.82) is 0 Å². The van der Waals surface area contributed by atoms with Gasteiger partial charge in [0.2, 0.25) is 11.8 Å². The zero-order valence-corrected chi connectivity index (χ0v) is 20.3. The van der Waals surface area contributed by atoms with E-state index in [9.17, 15) is 18.0 Å². The van der Waals surface area contributed by atoms with Gasteiger partial charge in [0.1, 0.15) is 0 Å². The summed E-state index contributed by atoms with van der Waals surface area (Å²) < 4.78 is 24.1. The second kappa shape index (κ2) is 10.2. The summed E-state index contributed by atoms with van der Waals surface area (Å²) in [5, 5.41) is 3.01. The average molecular weight is 457 g/mol. The molecule has 2 amide bonds. The Kier molecular flexibility index (Phi) is 8.02. The van der Waals surface area contributed by atoms with Crippen molar-refractivity contribution < 1.29 is 18.0 Å². The summed E-state index contributed by atoms with van der Waals surface area (Å²) in [5.74, 6) is 0.426. The highest BCUT2D eigenvalue weighted by atomic mass is 32.2. The minimum atomic E-state index is -3.03. The highest BCUT2D eigenvalue weighted by Crippen LogP contribution is 2.29. The number of nitrogens with zero attached hydrogens (tertiary/aromatic N) is 3. The topological polar surface area (TPSA) is 90.0 Å². The van der Waals surface area contributed by atoms with Crippen LogP contribution in [0.1, 0.15) is 59.3 Å². The van der Waals surface area contributed by atoms with Gasteiger partial charge in [0.15, 0.2) is 9.84 Å². The molecular weight excluding hydrogens is 416 g/mol. The van der Waals surface area contributed by atoms with Gasteiger partial charge in [0, 0.05) is 30.7 Å². The molecule has 3 rings (SSSR count). The van der Waals surface area contributed by atoms with E-state index in [0.717, 1.165) is 58.3 Å². The van der Waals surface area contributed by atoms with Crippen molar-refractivity contribution in [1.82, 2.24) is 20.0 Å². The van der Waals surface area contributed by atoms with Gasteiger partial charge in [0.05, 0.1) is 24.6 Å². The lowest BCUT2D eigenvalue weighted by molar-refractivity contribution is -0.137. The number of rotatable bonds is 6. The van der Waals surface area contributed by atoms with Gasteiger partial charge in [-0.3, -0.25) is 19.4 Å². The van der Waals surface area contributed by atoms with Gasteiger partial charge in [-0.2, -0.15) is 0 Å². The molecule has 0 aromatic heterocycles. The van der Waals surface area contributed by atoms with Gasteiger partial charge in [-0.15, -0.1) is 0 Å². The maximum Gasteiger partial charge on any atom is 0.237 e. The second-order valence-corrected chi connectivity index (χ2v) is 12.7. The Morgan fingerprint density at radius 1 is 0.903 bits per heavy atom. The Hall–Kier alpha value is -1.19. The van der Waals surface area contributed by atoms with E-state index in [0.29, 0.717) is 19.5 Å². The molecule has 2 aliphatic heterocycles. The molecule has 3 fully saturated rings. The van der Waals surface area contributed by atoms with Crippen molar-refractivity contribution in [2.75, 3.05) is 50.8 Å². The maximum atomic E-state index is 13.3. The Morgan fingerprint density at radius 3 is 2.06 bits per heavy atom. The fraction of sp³-hybridized carbons (Fsp3) is 0.909. The normalized spacial score (nSPS) is 26.0. The number of carbonyl (C=O) groups excluding carboxylic acids is 2. The van der Waals surface area contributed by atoms with Crippen LogP contribution in [0, 0.1) is 0 Å². The van der Waals surface area contributed by atoms with Gasteiger partial charge in [-0.05, 0) is 59.5 Å². The smallest absolute Gasteiger partial charge is 0.237 e. The second-order valence-electron chi connectivity index (χ2n) is 10.5. The third-order valence-corrected chi connectivity index (χ3v) is 8.28. The first-order valence-corrected chi connectivity index (χ1v) is 13.6. The van der Waals surface area contributed by atoms with Crippen LogP contribution in [-0.4, -0.2) is 103 Å². The van der Waals surface area contributed by atoms with Crippen LogP contribution in [0.4, 0.5) is 0 Å². The number of nitrogens with one attached hydrogen (secondary N) is 1. The van der Waals surface area contributed by atoms with Crippen molar-refractivity contribution in [3.05, 3.63) is 0 Å². The SMILES string of the molecule is CC(C)(C)NC(=O)CN1CCCN(CC(=O)N(C2CCCC2)[C@@H]2CCS(=O)(=O)C2)CC1. The van der Waals surface area contributed by atoms with E-state index in [1.165, 1.54) is 0 Å². The van der Waals surface area contributed by atoms with Crippen LogP contribution >= 0.6 is 0 Å². The largest absolute Gasteiger partial charge is 0.350 e. The molecule has 178 valence electrons. The summed E-state index contributed by atoms with van der Waals surface area (Å²) in [6, 6.07) is 0.0283. The molecule has 1 atom stereocenters. The van der Waals surface area contributed by atoms with E-state index >= 15 is 0 Å². The molecule has 3 aliphatic rings. The first-order valence-electron chi connectivity index (χ1n) is 11.8. The molecule has 1 aliphatic carbocycles. The van der Waals surface area contributed by atoms with Crippen LogP contribution in [0.5, 0.6) is 0 Å². The van der Waals surface area contributed by atoms with E-state index in [-0.39, 0.29) is 40.9 Å². The molecule has 1 saturated carbocycles. The van der Waals surface area contributed by atoms with E-state index in [4.69, 9.17) is 0 Å². The van der Waals surface area contributed by atoms with Crippen LogP contribution < -0.4 is 5.32 Å². The van der Waals surface area contributed by atoms with Crippen LogP contribution in [0.2, 0.25) is 0 Å². The van der Waals surface area contributed by atoms with E-state index < -0.39 is 9.84 Å². The molecular formula is C22H40N4O4S. The van der Waals surface area contributed by atoms with Gasteiger partial charge in [-0.1, -0.05) is 12.8 Å². The molecule has 0 aromatic rings. The van der Waals surface area contributed by atoms with Crippen molar-refractivity contribution >= 4 is 21.7 Å². The Balaban J connectivity index is 1.55. The number of carbonyl (C=O) groups is 2. The fourth-order valence-corrected chi connectivity index (χ4v) is 6.87. The lowest BCUT2D eigenvalue weighted by atomic mass is 10.1. The Morgan fingerprint density at radius 2 is 1.52 bits per heavy atom. The molecule has 0 unspecified atom stereocenters. The lowest BCUT2D eigenvalue weighted by Gasteiger charge is -2.35. The summed E-state index contributed by atoms with van der Waals surface area (Å²) in [4.78, 5) is 31.9. The average Bonchev–Trinajstić information content (AvgIpc) is 3.22. The van der Waals surface area contributed by atoms with Crippen molar-refractivity contribution in [3.8, 4) is 0 Å². The van der Waals surface area contributed by atoms with Gasteiger partial charge in [-0.25, -0.2) is 8.42 Å². The highest BCUT2D eigenvalue weighted by Gasteiger charge is 2.39. The Labute approximate surface area is 187 Å². The molecule has 2 saturated heterocycles. The van der Waals surface area contributed by atoms with E-state index in [1.54, 1.807) is 0 Å². The highest BCUT2D eigenvalue weighted by molar-refractivity contribution is 7.91. The summed E-state index contributed by atoms with van der Waals surface area (Å²) in [6.07, 6.45) is 5.68. The predicted molar refractivity (Wildman–Crippen MR) is 122 cm³/mol. The van der Waals surface area contributed by atoms with Crippen molar-refractivity contribution in [3.63, 3.8) is 0 Å². The summed E-state index contributed by atoms with van der Waals surface area (Å²) in [6.45, 7) is 9.83. The monoisotopic (exact) mass is 456 g/mol. The van der Waals surface area contributed by atoms with E-state index in [2.05, 4.69) is 15.1 Å². The summed E-state index contributed by atoms with van der Waals surface area (Å²) in [7, 11) is -3.03. The van der Waals surface area contributed by atoms with Gasteiger partial charge in [0.25, 0.3) is 0 Å². The third-order valence-electron chi connectivity index (χ3n) is 6.53. The quantitative estimate of drug-likeness (QED) is 0.638. The zero-order valence-electron chi connectivity index (χ0n) is 19.4. The van der Waals surface area contributed by atoms with Gasteiger partial charge < -0.3 is 10.2 Å². The van der Waals surface area contributed by atoms with Crippen LogP contribution in [0.25, 0.3) is 0 Å². The molecule has 0 aromatic carbocycles. The Bertz CT molecular complexity index is 743. The van der Waals surface area contributed by atoms with Crippen molar-refractivity contribution in [2.45, 2.75) is 76.9 Å². The predicted octanol–water partition coefficient (Wildman–Crippen LogP) is 0.867. The molecule has 0 bridgehead atoms. The van der Waals surface area contributed by atoms with Crippen LogP contribution in [-0.2, 0) is 19.4 Å².